The van der Waals surface area contributed by atoms with Crippen molar-refractivity contribution in [3.05, 3.63) is 29.8 Å². The number of halogens is 1. The van der Waals surface area contributed by atoms with E-state index in [9.17, 15) is 4.79 Å². The predicted octanol–water partition coefficient (Wildman–Crippen LogP) is 1.49. The van der Waals surface area contributed by atoms with Gasteiger partial charge in [0.1, 0.15) is 0 Å². The van der Waals surface area contributed by atoms with Crippen molar-refractivity contribution in [1.82, 2.24) is 0 Å². The SMILES string of the molecule is CC(N)Cc1cccc(NC(N)=O)c1.Cl. The van der Waals surface area contributed by atoms with Gasteiger partial charge in [-0.1, -0.05) is 12.1 Å². The van der Waals surface area contributed by atoms with E-state index in [1.807, 2.05) is 25.1 Å². The molecule has 5 N–H and O–H groups in total. The average molecular weight is 230 g/mol. The van der Waals surface area contributed by atoms with Gasteiger partial charge < -0.3 is 16.8 Å². The first-order valence-corrected chi connectivity index (χ1v) is 4.49. The molecule has 0 heterocycles. The Bertz CT molecular complexity index is 328. The summed E-state index contributed by atoms with van der Waals surface area (Å²) in [7, 11) is 0. The summed E-state index contributed by atoms with van der Waals surface area (Å²) in [5.41, 5.74) is 12.5. The first-order chi connectivity index (χ1) is 6.58. The molecule has 5 heteroatoms. The Labute approximate surface area is 95.4 Å². The maximum Gasteiger partial charge on any atom is 0.316 e. The fourth-order valence-electron chi connectivity index (χ4n) is 1.29. The van der Waals surface area contributed by atoms with Crippen molar-refractivity contribution in [3.8, 4) is 0 Å². The van der Waals surface area contributed by atoms with Gasteiger partial charge in [-0.15, -0.1) is 12.4 Å². The molecule has 4 nitrogen and oxygen atoms in total. The highest BCUT2D eigenvalue weighted by Crippen LogP contribution is 2.11. The van der Waals surface area contributed by atoms with E-state index in [4.69, 9.17) is 11.5 Å². The van der Waals surface area contributed by atoms with E-state index in [-0.39, 0.29) is 18.4 Å². The summed E-state index contributed by atoms with van der Waals surface area (Å²) in [6.07, 6.45) is 0.786. The standard InChI is InChI=1S/C10H15N3O.ClH/c1-7(11)5-8-3-2-4-9(6-8)13-10(12)14;/h2-4,6-7H,5,11H2,1H3,(H3,12,13,14);1H. The lowest BCUT2D eigenvalue weighted by Crippen LogP contribution is -2.20. The Morgan fingerprint density at radius 2 is 2.20 bits per heavy atom. The molecule has 1 aromatic carbocycles. The van der Waals surface area contributed by atoms with Gasteiger partial charge in [0.15, 0.2) is 0 Å². The number of hydrogen-bond acceptors (Lipinski definition) is 2. The second-order valence-corrected chi connectivity index (χ2v) is 3.37. The van der Waals surface area contributed by atoms with E-state index in [2.05, 4.69) is 5.32 Å². The molecule has 0 aliphatic rings. The number of hydrogen-bond donors (Lipinski definition) is 3. The maximum absolute atomic E-state index is 10.6. The summed E-state index contributed by atoms with van der Waals surface area (Å²) < 4.78 is 0. The smallest absolute Gasteiger partial charge is 0.316 e. The van der Waals surface area contributed by atoms with E-state index in [1.165, 1.54) is 0 Å². The molecule has 15 heavy (non-hydrogen) atoms. The molecule has 0 saturated heterocycles. The molecule has 0 saturated carbocycles. The molecule has 84 valence electrons. The zero-order chi connectivity index (χ0) is 10.6. The van der Waals surface area contributed by atoms with Crippen molar-refractivity contribution in [2.45, 2.75) is 19.4 Å². The first kappa shape index (κ1) is 13.7. The summed E-state index contributed by atoms with van der Waals surface area (Å²) >= 11 is 0. The van der Waals surface area contributed by atoms with Crippen LogP contribution in [0.25, 0.3) is 0 Å². The zero-order valence-electron chi connectivity index (χ0n) is 8.57. The molecule has 0 aliphatic carbocycles. The van der Waals surface area contributed by atoms with Crippen LogP contribution >= 0.6 is 12.4 Å². The highest BCUT2D eigenvalue weighted by atomic mass is 35.5. The largest absolute Gasteiger partial charge is 0.351 e. The van der Waals surface area contributed by atoms with Crippen LogP contribution in [0.2, 0.25) is 0 Å². The van der Waals surface area contributed by atoms with Crippen LogP contribution < -0.4 is 16.8 Å². The fraction of sp³-hybridized carbons (Fsp3) is 0.300. The van der Waals surface area contributed by atoms with E-state index < -0.39 is 6.03 Å². The van der Waals surface area contributed by atoms with Gasteiger partial charge in [-0.05, 0) is 31.0 Å². The minimum atomic E-state index is -0.553. The van der Waals surface area contributed by atoms with Gasteiger partial charge in [-0.25, -0.2) is 4.79 Å². The van der Waals surface area contributed by atoms with Crippen molar-refractivity contribution in [2.24, 2.45) is 11.5 Å². The van der Waals surface area contributed by atoms with E-state index in [0.717, 1.165) is 12.0 Å². The Balaban J connectivity index is 0.00000196. The van der Waals surface area contributed by atoms with Crippen LogP contribution in [-0.4, -0.2) is 12.1 Å². The summed E-state index contributed by atoms with van der Waals surface area (Å²) in [4.78, 5) is 10.6. The number of urea groups is 1. The third-order valence-corrected chi connectivity index (χ3v) is 1.75. The molecule has 1 rings (SSSR count). The summed E-state index contributed by atoms with van der Waals surface area (Å²) in [5.74, 6) is 0. The van der Waals surface area contributed by atoms with Gasteiger partial charge in [0.05, 0.1) is 0 Å². The number of nitrogens with one attached hydrogen (secondary N) is 1. The van der Waals surface area contributed by atoms with Crippen LogP contribution in [0.15, 0.2) is 24.3 Å². The number of carbonyl (C=O) groups excluding carboxylic acids is 1. The van der Waals surface area contributed by atoms with Gasteiger partial charge >= 0.3 is 6.03 Å². The monoisotopic (exact) mass is 229 g/mol. The number of anilines is 1. The molecule has 0 spiro atoms. The van der Waals surface area contributed by atoms with Crippen molar-refractivity contribution in [2.75, 3.05) is 5.32 Å². The molecule has 0 aromatic heterocycles. The Hall–Kier alpha value is -1.26. The van der Waals surface area contributed by atoms with Gasteiger partial charge in [0.2, 0.25) is 0 Å². The lowest BCUT2D eigenvalue weighted by molar-refractivity contribution is 0.259. The molecule has 1 unspecified atom stereocenters. The van der Waals surface area contributed by atoms with Crippen LogP contribution in [0, 0.1) is 0 Å². The highest BCUT2D eigenvalue weighted by Gasteiger charge is 2.00. The Morgan fingerprint density at radius 1 is 1.53 bits per heavy atom. The van der Waals surface area contributed by atoms with Crippen molar-refractivity contribution >= 4 is 24.1 Å². The van der Waals surface area contributed by atoms with Gasteiger partial charge in [-0.3, -0.25) is 0 Å². The summed E-state index contributed by atoms with van der Waals surface area (Å²) in [5, 5.41) is 2.52. The summed E-state index contributed by atoms with van der Waals surface area (Å²) in [6.45, 7) is 1.94. The van der Waals surface area contributed by atoms with Crippen LogP contribution in [0.5, 0.6) is 0 Å². The number of amides is 2. The Kier molecular flexibility index (Phi) is 5.74. The third-order valence-electron chi connectivity index (χ3n) is 1.75. The van der Waals surface area contributed by atoms with Crippen molar-refractivity contribution in [1.29, 1.82) is 0 Å². The second-order valence-electron chi connectivity index (χ2n) is 3.37. The molecule has 1 atom stereocenters. The maximum atomic E-state index is 10.6. The highest BCUT2D eigenvalue weighted by molar-refractivity contribution is 5.87. The zero-order valence-corrected chi connectivity index (χ0v) is 9.38. The number of nitrogens with two attached hydrogens (primary N) is 2. The topological polar surface area (TPSA) is 81.1 Å². The lowest BCUT2D eigenvalue weighted by Gasteiger charge is -2.07. The molecule has 1 aromatic rings. The normalized spacial score (nSPS) is 11.3. The lowest BCUT2D eigenvalue weighted by atomic mass is 10.1. The van der Waals surface area contributed by atoms with Crippen LogP contribution in [0.1, 0.15) is 12.5 Å². The minimum absolute atomic E-state index is 0. The number of primary amides is 1. The molecule has 0 radical (unpaired) electrons. The van der Waals surface area contributed by atoms with E-state index >= 15 is 0 Å². The second kappa shape index (κ2) is 6.27. The molecule has 0 aliphatic heterocycles. The molecular weight excluding hydrogens is 214 g/mol. The first-order valence-electron chi connectivity index (χ1n) is 4.49. The van der Waals surface area contributed by atoms with Gasteiger partial charge in [0.25, 0.3) is 0 Å². The molecule has 2 amide bonds. The number of benzene rings is 1. The molecule has 0 fully saturated rings. The predicted molar refractivity (Wildman–Crippen MR) is 64.2 cm³/mol. The van der Waals surface area contributed by atoms with Gasteiger partial charge in [-0.2, -0.15) is 0 Å². The molecular formula is C10H16ClN3O. The fourth-order valence-corrected chi connectivity index (χ4v) is 1.29. The quantitative estimate of drug-likeness (QED) is 0.734. The van der Waals surface area contributed by atoms with E-state index in [0.29, 0.717) is 5.69 Å². The van der Waals surface area contributed by atoms with Crippen LogP contribution in [0.4, 0.5) is 10.5 Å². The van der Waals surface area contributed by atoms with Crippen molar-refractivity contribution in [3.63, 3.8) is 0 Å². The van der Waals surface area contributed by atoms with Crippen molar-refractivity contribution < 1.29 is 4.79 Å². The Morgan fingerprint density at radius 3 is 2.73 bits per heavy atom. The van der Waals surface area contributed by atoms with Gasteiger partial charge in [0, 0.05) is 11.7 Å². The average Bonchev–Trinajstić information content (AvgIpc) is 2.01. The minimum Gasteiger partial charge on any atom is -0.351 e. The van der Waals surface area contributed by atoms with E-state index in [1.54, 1.807) is 6.07 Å². The number of carbonyl (C=O) groups is 1. The third kappa shape index (κ3) is 5.24. The molecule has 0 bridgehead atoms. The summed E-state index contributed by atoms with van der Waals surface area (Å²) in [6, 6.07) is 7.05. The van der Waals surface area contributed by atoms with Crippen LogP contribution in [-0.2, 0) is 6.42 Å². The number of rotatable bonds is 3. The van der Waals surface area contributed by atoms with Crippen LogP contribution in [0.3, 0.4) is 0 Å².